The number of benzene rings is 1. The van der Waals surface area contributed by atoms with Crippen molar-refractivity contribution < 1.29 is 8.78 Å². The third kappa shape index (κ3) is 5.01. The molecule has 0 atom stereocenters. The number of hydrogen-bond donors (Lipinski definition) is 1. The van der Waals surface area contributed by atoms with Crippen LogP contribution in [0.3, 0.4) is 0 Å². The molecule has 2 heterocycles. The number of halogens is 4. The van der Waals surface area contributed by atoms with Gasteiger partial charge in [-0.2, -0.15) is 5.10 Å². The van der Waals surface area contributed by atoms with Crippen molar-refractivity contribution >= 4 is 30.5 Å². The van der Waals surface area contributed by atoms with Gasteiger partial charge in [-0.1, -0.05) is 13.8 Å². The van der Waals surface area contributed by atoms with E-state index in [9.17, 15) is 13.6 Å². The van der Waals surface area contributed by atoms with E-state index in [1.54, 1.807) is 6.92 Å². The molecule has 1 aliphatic heterocycles. The van der Waals surface area contributed by atoms with E-state index < -0.39 is 11.6 Å². The molecular weight excluding hydrogens is 409 g/mol. The van der Waals surface area contributed by atoms with Crippen molar-refractivity contribution in [3.05, 3.63) is 45.8 Å². The lowest BCUT2D eigenvalue weighted by Crippen LogP contribution is -2.47. The van der Waals surface area contributed by atoms with Crippen molar-refractivity contribution in [3.63, 3.8) is 0 Å². The number of piperazine rings is 1. The summed E-state index contributed by atoms with van der Waals surface area (Å²) in [6.07, 6.45) is 0. The van der Waals surface area contributed by atoms with E-state index in [2.05, 4.69) is 10.4 Å². The Morgan fingerprint density at radius 3 is 2.39 bits per heavy atom. The summed E-state index contributed by atoms with van der Waals surface area (Å²) in [4.78, 5) is 15.1. The zero-order valence-corrected chi connectivity index (χ0v) is 17.8. The second-order valence-corrected chi connectivity index (χ2v) is 7.06. The molecule has 9 heteroatoms. The van der Waals surface area contributed by atoms with E-state index in [4.69, 9.17) is 0 Å². The van der Waals surface area contributed by atoms with Gasteiger partial charge in [0.25, 0.3) is 5.56 Å². The minimum Gasteiger partial charge on any atom is -0.364 e. The number of aromatic nitrogens is 2. The summed E-state index contributed by atoms with van der Waals surface area (Å²) >= 11 is 0. The molecule has 0 radical (unpaired) electrons. The number of nitrogens with zero attached hydrogens (tertiary/aromatic N) is 3. The molecule has 1 aromatic heterocycles. The quantitative estimate of drug-likeness (QED) is 0.800. The Labute approximate surface area is 175 Å². The zero-order chi connectivity index (χ0) is 18.8. The highest BCUT2D eigenvalue weighted by atomic mass is 35.5. The second-order valence-electron chi connectivity index (χ2n) is 7.06. The standard InChI is InChI=1S/C19H24F2N4O.2ClH/c1-12(2)11-25-19(26)18(24-8-6-22-7-9-24)13(3)17(23-25)15-5-4-14(20)10-16(15)21;;/h4-5,10,12,22H,6-9,11H2,1-3H3;2*1H. The molecule has 0 aliphatic carbocycles. The maximum absolute atomic E-state index is 14.4. The number of hydrogen-bond acceptors (Lipinski definition) is 4. The molecule has 5 nitrogen and oxygen atoms in total. The molecule has 2 aromatic rings. The topological polar surface area (TPSA) is 50.2 Å². The molecule has 1 fully saturated rings. The van der Waals surface area contributed by atoms with Crippen LogP contribution in [0.15, 0.2) is 23.0 Å². The number of anilines is 1. The molecule has 1 aromatic carbocycles. The fraction of sp³-hybridized carbons (Fsp3) is 0.474. The average molecular weight is 435 g/mol. The summed E-state index contributed by atoms with van der Waals surface area (Å²) in [5.41, 5.74) is 1.61. The van der Waals surface area contributed by atoms with Gasteiger partial charge >= 0.3 is 0 Å². The first-order valence-electron chi connectivity index (χ1n) is 8.91. The van der Waals surface area contributed by atoms with Crippen LogP contribution in [0.5, 0.6) is 0 Å². The Kier molecular flexibility index (Phi) is 8.85. The van der Waals surface area contributed by atoms with E-state index in [1.165, 1.54) is 16.8 Å². The van der Waals surface area contributed by atoms with E-state index in [1.807, 2.05) is 18.7 Å². The number of rotatable bonds is 4. The molecule has 0 unspecified atom stereocenters. The fourth-order valence-electron chi connectivity index (χ4n) is 3.30. The van der Waals surface area contributed by atoms with Crippen molar-refractivity contribution in [2.24, 2.45) is 5.92 Å². The largest absolute Gasteiger partial charge is 0.364 e. The van der Waals surface area contributed by atoms with Crippen LogP contribution in [0.4, 0.5) is 14.5 Å². The van der Waals surface area contributed by atoms with Crippen molar-refractivity contribution in [2.75, 3.05) is 31.1 Å². The molecule has 0 spiro atoms. The van der Waals surface area contributed by atoms with Gasteiger partial charge in [-0.25, -0.2) is 13.5 Å². The van der Waals surface area contributed by atoms with Crippen molar-refractivity contribution in [3.8, 4) is 11.3 Å². The number of nitrogens with one attached hydrogen (secondary N) is 1. The Hall–Kier alpha value is -1.70. The predicted octanol–water partition coefficient (Wildman–Crippen LogP) is 3.41. The van der Waals surface area contributed by atoms with Crippen LogP contribution < -0.4 is 15.8 Å². The van der Waals surface area contributed by atoms with Gasteiger partial charge in [-0.15, -0.1) is 24.8 Å². The highest BCUT2D eigenvalue weighted by molar-refractivity contribution is 5.85. The lowest BCUT2D eigenvalue weighted by Gasteiger charge is -2.31. The first kappa shape index (κ1) is 24.3. The van der Waals surface area contributed by atoms with Gasteiger partial charge in [0.1, 0.15) is 17.3 Å². The van der Waals surface area contributed by atoms with E-state index in [0.717, 1.165) is 19.2 Å². The minimum atomic E-state index is -0.679. The maximum atomic E-state index is 14.4. The second kappa shape index (κ2) is 10.2. The smallest absolute Gasteiger partial charge is 0.290 e. The fourth-order valence-corrected chi connectivity index (χ4v) is 3.30. The zero-order valence-electron chi connectivity index (χ0n) is 16.2. The van der Waals surface area contributed by atoms with Gasteiger partial charge in [0.15, 0.2) is 0 Å². The Balaban J connectivity index is 0.00000196. The van der Waals surface area contributed by atoms with Crippen LogP contribution in [-0.4, -0.2) is 36.0 Å². The highest BCUT2D eigenvalue weighted by Crippen LogP contribution is 2.29. The molecule has 1 aliphatic rings. The van der Waals surface area contributed by atoms with E-state index in [-0.39, 0.29) is 41.9 Å². The van der Waals surface area contributed by atoms with Crippen molar-refractivity contribution in [2.45, 2.75) is 27.3 Å². The van der Waals surface area contributed by atoms with E-state index >= 15 is 0 Å². The van der Waals surface area contributed by atoms with Crippen LogP contribution in [0.2, 0.25) is 0 Å². The monoisotopic (exact) mass is 434 g/mol. The van der Waals surface area contributed by atoms with Gasteiger partial charge in [-0.3, -0.25) is 4.79 Å². The summed E-state index contributed by atoms with van der Waals surface area (Å²) in [6, 6.07) is 3.44. The first-order chi connectivity index (χ1) is 12.4. The molecule has 3 rings (SSSR count). The molecule has 1 N–H and O–H groups in total. The first-order valence-corrected chi connectivity index (χ1v) is 8.91. The Morgan fingerprint density at radius 2 is 1.82 bits per heavy atom. The predicted molar refractivity (Wildman–Crippen MR) is 113 cm³/mol. The van der Waals surface area contributed by atoms with Crippen LogP contribution in [-0.2, 0) is 6.54 Å². The highest BCUT2D eigenvalue weighted by Gasteiger charge is 2.23. The summed E-state index contributed by atoms with van der Waals surface area (Å²) in [5, 5.41) is 7.69. The van der Waals surface area contributed by atoms with Gasteiger partial charge in [0.2, 0.25) is 0 Å². The normalized spacial score (nSPS) is 13.9. The van der Waals surface area contributed by atoms with Crippen molar-refractivity contribution in [1.29, 1.82) is 0 Å². The third-order valence-corrected chi connectivity index (χ3v) is 4.53. The Morgan fingerprint density at radius 1 is 1.18 bits per heavy atom. The lowest BCUT2D eigenvalue weighted by atomic mass is 10.0. The maximum Gasteiger partial charge on any atom is 0.290 e. The minimum absolute atomic E-state index is 0. The van der Waals surface area contributed by atoms with Gasteiger partial charge in [0.05, 0.1) is 5.69 Å². The molecule has 28 heavy (non-hydrogen) atoms. The SMILES string of the molecule is Cc1c(-c2ccc(F)cc2F)nn(CC(C)C)c(=O)c1N1CCNCC1.Cl.Cl. The molecular formula is C19H26Cl2F2N4O. The summed E-state index contributed by atoms with van der Waals surface area (Å²) in [5.74, 6) is -1.10. The third-order valence-electron chi connectivity index (χ3n) is 4.53. The molecule has 1 saturated heterocycles. The molecule has 0 saturated carbocycles. The lowest BCUT2D eigenvalue weighted by molar-refractivity contribution is 0.462. The summed E-state index contributed by atoms with van der Waals surface area (Å²) in [6.45, 7) is 9.18. The van der Waals surface area contributed by atoms with Crippen LogP contribution in [0.25, 0.3) is 11.3 Å². The van der Waals surface area contributed by atoms with Gasteiger partial charge < -0.3 is 10.2 Å². The molecule has 0 amide bonds. The molecule has 156 valence electrons. The summed E-state index contributed by atoms with van der Waals surface area (Å²) in [7, 11) is 0. The van der Waals surface area contributed by atoms with Gasteiger partial charge in [-0.05, 0) is 25.0 Å². The average Bonchev–Trinajstić information content (AvgIpc) is 2.59. The van der Waals surface area contributed by atoms with Crippen molar-refractivity contribution in [1.82, 2.24) is 15.1 Å². The van der Waals surface area contributed by atoms with Crippen LogP contribution >= 0.6 is 24.8 Å². The van der Waals surface area contributed by atoms with E-state index in [0.29, 0.717) is 36.6 Å². The van der Waals surface area contributed by atoms with Crippen LogP contribution in [0, 0.1) is 24.5 Å². The van der Waals surface area contributed by atoms with Crippen LogP contribution in [0.1, 0.15) is 19.4 Å². The Bertz CT molecular complexity index is 868. The van der Waals surface area contributed by atoms with Gasteiger partial charge in [0, 0.05) is 49.9 Å². The molecule has 0 bridgehead atoms. The summed E-state index contributed by atoms with van der Waals surface area (Å²) < 4.78 is 29.1.